The molecule has 3 aromatic carbocycles. The van der Waals surface area contributed by atoms with Crippen LogP contribution in [0.5, 0.6) is 0 Å². The zero-order valence-electron chi connectivity index (χ0n) is 21.1. The smallest absolute Gasteiger partial charge is 0.264 e. The van der Waals surface area contributed by atoms with Crippen LogP contribution in [0, 0.1) is 13.8 Å². The molecule has 0 spiro atoms. The van der Waals surface area contributed by atoms with Gasteiger partial charge in [0, 0.05) is 13.1 Å². The van der Waals surface area contributed by atoms with Crippen LogP contribution in [0.4, 0.5) is 5.69 Å². The van der Waals surface area contributed by atoms with Crippen LogP contribution in [0.15, 0.2) is 83.8 Å². The quantitative estimate of drug-likeness (QED) is 0.449. The molecule has 0 fully saturated rings. The van der Waals surface area contributed by atoms with Crippen molar-refractivity contribution in [3.63, 3.8) is 0 Å². The summed E-state index contributed by atoms with van der Waals surface area (Å²) in [6.07, 6.45) is 0. The highest BCUT2D eigenvalue weighted by Crippen LogP contribution is 2.25. The van der Waals surface area contributed by atoms with Gasteiger partial charge in [0.15, 0.2) is 0 Å². The molecule has 1 N–H and O–H groups in total. The number of hydrogen-bond acceptors (Lipinski definition) is 4. The predicted molar refractivity (Wildman–Crippen MR) is 142 cm³/mol. The molecule has 2 amide bonds. The van der Waals surface area contributed by atoms with E-state index in [1.54, 1.807) is 49.4 Å². The van der Waals surface area contributed by atoms with Gasteiger partial charge in [-0.25, -0.2) is 8.42 Å². The summed E-state index contributed by atoms with van der Waals surface area (Å²) in [4.78, 5) is 28.0. The Morgan fingerprint density at radius 2 is 1.42 bits per heavy atom. The first-order chi connectivity index (χ1) is 17.1. The molecule has 8 heteroatoms. The number of likely N-dealkylation sites (N-methyl/N-ethyl adjacent to an activating group) is 1. The highest BCUT2D eigenvalue weighted by Gasteiger charge is 2.32. The molecule has 0 saturated heterocycles. The molecule has 0 heterocycles. The van der Waals surface area contributed by atoms with E-state index in [1.165, 1.54) is 17.0 Å². The highest BCUT2D eigenvalue weighted by molar-refractivity contribution is 7.92. The van der Waals surface area contributed by atoms with Gasteiger partial charge in [0.05, 0.1) is 10.6 Å². The minimum atomic E-state index is -4.04. The van der Waals surface area contributed by atoms with E-state index in [0.29, 0.717) is 12.2 Å². The van der Waals surface area contributed by atoms with E-state index in [2.05, 4.69) is 5.32 Å². The van der Waals surface area contributed by atoms with Gasteiger partial charge in [0.25, 0.3) is 10.0 Å². The number of sulfonamides is 1. The summed E-state index contributed by atoms with van der Waals surface area (Å²) in [6, 6.07) is 21.9. The topological polar surface area (TPSA) is 86.8 Å². The second-order valence-electron chi connectivity index (χ2n) is 8.74. The van der Waals surface area contributed by atoms with Crippen LogP contribution in [-0.4, -0.2) is 44.3 Å². The molecule has 0 radical (unpaired) electrons. The van der Waals surface area contributed by atoms with Crippen molar-refractivity contribution in [2.45, 2.75) is 45.2 Å². The number of hydrogen-bond donors (Lipinski definition) is 1. The Hall–Kier alpha value is -3.65. The van der Waals surface area contributed by atoms with Crippen LogP contribution < -0.4 is 9.62 Å². The molecule has 0 unspecified atom stereocenters. The third kappa shape index (κ3) is 6.51. The first-order valence-electron chi connectivity index (χ1n) is 11.9. The minimum absolute atomic E-state index is 0.0836. The van der Waals surface area contributed by atoms with E-state index in [9.17, 15) is 18.0 Å². The van der Waals surface area contributed by atoms with Gasteiger partial charge < -0.3 is 10.2 Å². The molecule has 190 valence electrons. The lowest BCUT2D eigenvalue weighted by Gasteiger charge is -2.32. The van der Waals surface area contributed by atoms with E-state index in [4.69, 9.17) is 0 Å². The Morgan fingerprint density at radius 3 is 1.97 bits per heavy atom. The van der Waals surface area contributed by atoms with Gasteiger partial charge in [-0.1, -0.05) is 65.7 Å². The fourth-order valence-corrected chi connectivity index (χ4v) is 5.19. The molecule has 7 nitrogen and oxygen atoms in total. The fraction of sp³-hybridized carbons (Fsp3) is 0.286. The minimum Gasteiger partial charge on any atom is -0.355 e. The van der Waals surface area contributed by atoms with Gasteiger partial charge in [-0.05, 0) is 57.5 Å². The third-order valence-corrected chi connectivity index (χ3v) is 7.71. The SMILES string of the molecule is CCNC(=O)[C@@H](C)N(Cc1ccc(C)cc1)C(=O)CN(c1ccc(C)cc1)S(=O)(=O)c1ccccc1. The molecular weight excluding hydrogens is 474 g/mol. The molecule has 0 aliphatic carbocycles. The number of nitrogens with one attached hydrogen (secondary N) is 1. The standard InChI is InChI=1S/C28H33N3O4S/c1-5-29-28(33)23(4)30(19-24-15-11-21(2)12-16-24)27(32)20-31(25-17-13-22(3)14-18-25)36(34,35)26-9-7-6-8-10-26/h6-18,23H,5,19-20H2,1-4H3,(H,29,33)/t23-/m1/s1. The zero-order chi connectivity index (χ0) is 26.3. The van der Waals surface area contributed by atoms with Gasteiger partial charge in [-0.15, -0.1) is 0 Å². The van der Waals surface area contributed by atoms with Crippen LogP contribution in [0.2, 0.25) is 0 Å². The third-order valence-electron chi connectivity index (χ3n) is 5.92. The van der Waals surface area contributed by atoms with E-state index < -0.39 is 28.5 Å². The maximum Gasteiger partial charge on any atom is 0.264 e. The normalized spacial score (nSPS) is 12.0. The van der Waals surface area contributed by atoms with Crippen LogP contribution in [0.1, 0.15) is 30.5 Å². The van der Waals surface area contributed by atoms with E-state index in [1.807, 2.05) is 45.0 Å². The van der Waals surface area contributed by atoms with E-state index >= 15 is 0 Å². The lowest BCUT2D eigenvalue weighted by Crippen LogP contribution is -2.51. The number of carbonyl (C=O) groups excluding carboxylic acids is 2. The van der Waals surface area contributed by atoms with Crippen molar-refractivity contribution in [1.29, 1.82) is 0 Å². The van der Waals surface area contributed by atoms with E-state index in [-0.39, 0.29) is 17.3 Å². The van der Waals surface area contributed by atoms with Crippen molar-refractivity contribution in [3.05, 3.63) is 95.6 Å². The lowest BCUT2D eigenvalue weighted by atomic mass is 10.1. The molecule has 0 aliphatic heterocycles. The molecule has 0 bridgehead atoms. The summed E-state index contributed by atoms with van der Waals surface area (Å²) in [7, 11) is -4.04. The lowest BCUT2D eigenvalue weighted by molar-refractivity contribution is -0.139. The molecular formula is C28H33N3O4S. The average Bonchev–Trinajstić information content (AvgIpc) is 2.87. The zero-order valence-corrected chi connectivity index (χ0v) is 22.0. The summed E-state index contributed by atoms with van der Waals surface area (Å²) >= 11 is 0. The number of rotatable bonds is 10. The maximum atomic E-state index is 13.7. The first kappa shape index (κ1) is 26.9. The summed E-state index contributed by atoms with van der Waals surface area (Å²) in [6.45, 7) is 7.48. The molecule has 3 rings (SSSR count). The van der Waals surface area contributed by atoms with Crippen molar-refractivity contribution >= 4 is 27.5 Å². The number of aryl methyl sites for hydroxylation is 2. The summed E-state index contributed by atoms with van der Waals surface area (Å²) in [5.41, 5.74) is 3.26. The molecule has 0 aliphatic rings. The van der Waals surface area contributed by atoms with Crippen LogP contribution >= 0.6 is 0 Å². The van der Waals surface area contributed by atoms with Crippen molar-refractivity contribution in [2.24, 2.45) is 0 Å². The number of carbonyl (C=O) groups is 2. The van der Waals surface area contributed by atoms with Crippen molar-refractivity contribution in [2.75, 3.05) is 17.4 Å². The van der Waals surface area contributed by atoms with Gasteiger partial charge >= 0.3 is 0 Å². The number of benzene rings is 3. The Balaban J connectivity index is 2.00. The first-order valence-corrected chi connectivity index (χ1v) is 13.3. The summed E-state index contributed by atoms with van der Waals surface area (Å²) in [5, 5.41) is 2.76. The second kappa shape index (κ2) is 11.9. The fourth-order valence-electron chi connectivity index (χ4n) is 3.75. The number of amides is 2. The molecule has 1 atom stereocenters. The van der Waals surface area contributed by atoms with Gasteiger partial charge in [0.1, 0.15) is 12.6 Å². The largest absolute Gasteiger partial charge is 0.355 e. The molecule has 0 aromatic heterocycles. The van der Waals surface area contributed by atoms with Crippen molar-refractivity contribution < 1.29 is 18.0 Å². The Bertz CT molecular complexity index is 1270. The summed E-state index contributed by atoms with van der Waals surface area (Å²) in [5.74, 6) is -0.778. The second-order valence-corrected chi connectivity index (χ2v) is 10.6. The number of nitrogens with zero attached hydrogens (tertiary/aromatic N) is 2. The summed E-state index contributed by atoms with van der Waals surface area (Å²) < 4.78 is 28.4. The van der Waals surface area contributed by atoms with Gasteiger partial charge in [-0.3, -0.25) is 13.9 Å². The van der Waals surface area contributed by atoms with Crippen molar-refractivity contribution in [3.8, 4) is 0 Å². The highest BCUT2D eigenvalue weighted by atomic mass is 32.2. The van der Waals surface area contributed by atoms with Crippen molar-refractivity contribution in [1.82, 2.24) is 10.2 Å². The van der Waals surface area contributed by atoms with E-state index in [0.717, 1.165) is 21.0 Å². The predicted octanol–water partition coefficient (Wildman–Crippen LogP) is 4.05. The van der Waals surface area contributed by atoms with Gasteiger partial charge in [0.2, 0.25) is 11.8 Å². The molecule has 3 aromatic rings. The molecule has 0 saturated carbocycles. The van der Waals surface area contributed by atoms with Crippen LogP contribution in [-0.2, 0) is 26.2 Å². The maximum absolute atomic E-state index is 13.7. The Labute approximate surface area is 213 Å². The number of anilines is 1. The Kier molecular flexibility index (Phi) is 8.88. The monoisotopic (exact) mass is 507 g/mol. The van der Waals surface area contributed by atoms with Gasteiger partial charge in [-0.2, -0.15) is 0 Å². The van der Waals surface area contributed by atoms with Crippen LogP contribution in [0.25, 0.3) is 0 Å². The molecule has 36 heavy (non-hydrogen) atoms. The average molecular weight is 508 g/mol. The Morgan fingerprint density at radius 1 is 0.861 bits per heavy atom. The van der Waals surface area contributed by atoms with Crippen LogP contribution in [0.3, 0.4) is 0 Å².